The van der Waals surface area contributed by atoms with Gasteiger partial charge in [-0.3, -0.25) is 9.10 Å². The van der Waals surface area contributed by atoms with E-state index in [0.29, 0.717) is 23.7 Å². The molecule has 0 fully saturated rings. The Bertz CT molecular complexity index is 1210. The van der Waals surface area contributed by atoms with Crippen LogP contribution in [0.15, 0.2) is 76.5 Å². The predicted octanol–water partition coefficient (Wildman–Crippen LogP) is 5.26. The van der Waals surface area contributed by atoms with Gasteiger partial charge in [-0.05, 0) is 87.2 Å². The molecule has 8 heteroatoms. The second-order valence-electron chi connectivity index (χ2n) is 7.48. The van der Waals surface area contributed by atoms with Crippen molar-refractivity contribution < 1.29 is 17.9 Å². The zero-order valence-corrected chi connectivity index (χ0v) is 20.8. The zero-order chi connectivity index (χ0) is 24.0. The molecule has 0 aliphatic heterocycles. The average Bonchev–Trinajstić information content (AvgIpc) is 2.80. The lowest BCUT2D eigenvalue weighted by Crippen LogP contribution is -2.38. The molecule has 0 radical (unpaired) electrons. The van der Waals surface area contributed by atoms with Crippen LogP contribution < -0.4 is 14.4 Å². The first-order valence-corrected chi connectivity index (χ1v) is 13.2. The second kappa shape index (κ2) is 10.8. The fraction of sp³-hybridized carbons (Fsp3) is 0.240. The number of carbonyl (C=O) groups is 1. The summed E-state index contributed by atoms with van der Waals surface area (Å²) >= 11 is 1.53. The Morgan fingerprint density at radius 2 is 1.67 bits per heavy atom. The number of rotatable bonds is 9. The van der Waals surface area contributed by atoms with Crippen LogP contribution in [0.3, 0.4) is 0 Å². The first kappa shape index (κ1) is 24.7. The molecule has 0 aromatic heterocycles. The minimum Gasteiger partial charge on any atom is -0.494 e. The maximum atomic E-state index is 13.6. The van der Waals surface area contributed by atoms with Gasteiger partial charge in [0.15, 0.2) is 0 Å². The summed E-state index contributed by atoms with van der Waals surface area (Å²) in [6, 6.07) is 19.0. The molecule has 0 aliphatic rings. The molecule has 3 rings (SSSR count). The molecular weight excluding hydrogens is 456 g/mol. The lowest BCUT2D eigenvalue weighted by atomic mass is 10.1. The van der Waals surface area contributed by atoms with Crippen LogP contribution in [0.4, 0.5) is 11.4 Å². The molecule has 0 saturated heterocycles. The summed E-state index contributed by atoms with van der Waals surface area (Å²) in [4.78, 5) is 14.0. The first-order chi connectivity index (χ1) is 15.7. The van der Waals surface area contributed by atoms with Crippen molar-refractivity contribution in [1.82, 2.24) is 0 Å². The van der Waals surface area contributed by atoms with E-state index in [4.69, 9.17) is 4.74 Å². The number of amides is 1. The van der Waals surface area contributed by atoms with E-state index < -0.39 is 15.9 Å². The predicted molar refractivity (Wildman–Crippen MR) is 135 cm³/mol. The van der Waals surface area contributed by atoms with Gasteiger partial charge in [-0.25, -0.2) is 8.42 Å². The molecule has 1 amide bonds. The normalized spacial score (nSPS) is 11.2. The van der Waals surface area contributed by atoms with E-state index in [1.807, 2.05) is 45.2 Å². The standard InChI is InChI=1S/C25H28N2O4S2/c1-5-31-21-9-7-20(8-10-21)27(33(29,30)23-13-11-22(32-4)12-14-23)17-25(28)26-24-15-6-18(2)16-19(24)3/h6-16H,5,17H2,1-4H3,(H,26,28). The van der Waals surface area contributed by atoms with Crippen molar-refractivity contribution in [3.05, 3.63) is 77.9 Å². The minimum absolute atomic E-state index is 0.119. The van der Waals surface area contributed by atoms with E-state index >= 15 is 0 Å². The van der Waals surface area contributed by atoms with Crippen molar-refractivity contribution in [1.29, 1.82) is 0 Å². The topological polar surface area (TPSA) is 75.7 Å². The van der Waals surface area contributed by atoms with Crippen molar-refractivity contribution in [2.75, 3.05) is 29.0 Å². The van der Waals surface area contributed by atoms with Crippen molar-refractivity contribution in [3.8, 4) is 5.75 Å². The SMILES string of the molecule is CCOc1ccc(N(CC(=O)Nc2ccc(C)cc2C)S(=O)(=O)c2ccc(SC)cc2)cc1. The molecule has 3 aromatic carbocycles. The quantitative estimate of drug-likeness (QED) is 0.420. The molecule has 0 bridgehead atoms. The Kier molecular flexibility index (Phi) is 8.05. The third-order valence-corrected chi connectivity index (χ3v) is 7.56. The van der Waals surface area contributed by atoms with Gasteiger partial charge in [0.1, 0.15) is 12.3 Å². The van der Waals surface area contributed by atoms with E-state index in [0.717, 1.165) is 20.3 Å². The molecule has 0 heterocycles. The number of anilines is 2. The average molecular weight is 485 g/mol. The van der Waals surface area contributed by atoms with Crippen LogP contribution in [0, 0.1) is 13.8 Å². The summed E-state index contributed by atoms with van der Waals surface area (Å²) in [5.41, 5.74) is 3.02. The molecule has 3 aromatic rings. The Morgan fingerprint density at radius 1 is 1.00 bits per heavy atom. The van der Waals surface area contributed by atoms with E-state index in [-0.39, 0.29) is 11.4 Å². The summed E-state index contributed by atoms with van der Waals surface area (Å²) in [5.74, 6) is 0.197. The van der Waals surface area contributed by atoms with Crippen molar-refractivity contribution in [3.63, 3.8) is 0 Å². The first-order valence-electron chi connectivity index (χ1n) is 10.5. The van der Waals surface area contributed by atoms with Crippen LogP contribution in [-0.4, -0.2) is 33.7 Å². The van der Waals surface area contributed by atoms with Crippen LogP contribution in [0.1, 0.15) is 18.1 Å². The number of nitrogens with one attached hydrogen (secondary N) is 1. The lowest BCUT2D eigenvalue weighted by molar-refractivity contribution is -0.114. The third kappa shape index (κ3) is 6.09. The maximum absolute atomic E-state index is 13.6. The number of hydrogen-bond acceptors (Lipinski definition) is 5. The van der Waals surface area contributed by atoms with Gasteiger partial charge in [0, 0.05) is 10.6 Å². The van der Waals surface area contributed by atoms with Crippen LogP contribution in [0.5, 0.6) is 5.75 Å². The van der Waals surface area contributed by atoms with Crippen molar-refractivity contribution >= 4 is 39.1 Å². The third-order valence-electron chi connectivity index (χ3n) is 5.03. The van der Waals surface area contributed by atoms with Gasteiger partial charge in [-0.1, -0.05) is 17.7 Å². The largest absolute Gasteiger partial charge is 0.494 e. The molecule has 0 saturated carbocycles. The molecule has 174 valence electrons. The number of ether oxygens (including phenoxy) is 1. The molecule has 0 spiro atoms. The number of nitrogens with zero attached hydrogens (tertiary/aromatic N) is 1. The minimum atomic E-state index is -3.99. The zero-order valence-electron chi connectivity index (χ0n) is 19.2. The van der Waals surface area contributed by atoms with Crippen LogP contribution in [0.25, 0.3) is 0 Å². The lowest BCUT2D eigenvalue weighted by Gasteiger charge is -2.24. The van der Waals surface area contributed by atoms with Gasteiger partial charge in [-0.15, -0.1) is 11.8 Å². The fourth-order valence-electron chi connectivity index (χ4n) is 3.34. The highest BCUT2D eigenvalue weighted by molar-refractivity contribution is 7.98. The maximum Gasteiger partial charge on any atom is 0.264 e. The monoisotopic (exact) mass is 484 g/mol. The number of carbonyl (C=O) groups excluding carboxylic acids is 1. The summed E-state index contributed by atoms with van der Waals surface area (Å²) in [6.45, 7) is 5.88. The number of benzene rings is 3. The summed E-state index contributed by atoms with van der Waals surface area (Å²) < 4.78 is 33.7. The van der Waals surface area contributed by atoms with Crippen LogP contribution in [-0.2, 0) is 14.8 Å². The molecule has 1 N–H and O–H groups in total. The smallest absolute Gasteiger partial charge is 0.264 e. The number of thioether (sulfide) groups is 1. The Balaban J connectivity index is 1.94. The highest BCUT2D eigenvalue weighted by atomic mass is 32.2. The fourth-order valence-corrected chi connectivity index (χ4v) is 5.17. The van der Waals surface area contributed by atoms with E-state index in [2.05, 4.69) is 5.32 Å². The Morgan fingerprint density at radius 3 is 2.24 bits per heavy atom. The summed E-state index contributed by atoms with van der Waals surface area (Å²) in [6.07, 6.45) is 1.92. The van der Waals surface area contributed by atoms with Crippen LogP contribution in [0.2, 0.25) is 0 Å². The van der Waals surface area contributed by atoms with E-state index in [1.165, 1.54) is 11.8 Å². The Hall–Kier alpha value is -2.97. The molecule has 33 heavy (non-hydrogen) atoms. The number of aryl methyl sites for hydroxylation is 2. The highest BCUT2D eigenvalue weighted by Gasteiger charge is 2.27. The van der Waals surface area contributed by atoms with Gasteiger partial charge in [0.05, 0.1) is 17.2 Å². The van der Waals surface area contributed by atoms with Crippen molar-refractivity contribution in [2.24, 2.45) is 0 Å². The molecular formula is C25H28N2O4S2. The molecule has 0 aliphatic carbocycles. The van der Waals surface area contributed by atoms with Crippen LogP contribution >= 0.6 is 11.8 Å². The molecule has 0 unspecified atom stereocenters. The van der Waals surface area contributed by atoms with Gasteiger partial charge < -0.3 is 10.1 Å². The summed E-state index contributed by atoms with van der Waals surface area (Å²) in [5, 5.41) is 2.84. The molecule has 6 nitrogen and oxygen atoms in total. The Labute approximate surface area is 200 Å². The van der Waals surface area contributed by atoms with Gasteiger partial charge in [0.2, 0.25) is 5.91 Å². The second-order valence-corrected chi connectivity index (χ2v) is 10.2. The number of sulfonamides is 1. The van der Waals surface area contributed by atoms with E-state index in [9.17, 15) is 13.2 Å². The van der Waals surface area contributed by atoms with E-state index in [1.54, 1.807) is 48.5 Å². The van der Waals surface area contributed by atoms with Gasteiger partial charge in [-0.2, -0.15) is 0 Å². The van der Waals surface area contributed by atoms with Gasteiger partial charge in [0.25, 0.3) is 10.0 Å². The van der Waals surface area contributed by atoms with Gasteiger partial charge >= 0.3 is 0 Å². The van der Waals surface area contributed by atoms with Crippen molar-refractivity contribution in [2.45, 2.75) is 30.6 Å². The summed E-state index contributed by atoms with van der Waals surface area (Å²) in [7, 11) is -3.99. The number of hydrogen-bond donors (Lipinski definition) is 1. The molecule has 0 atom stereocenters. The highest BCUT2D eigenvalue weighted by Crippen LogP contribution is 2.27.